The molecule has 0 nitrogen and oxygen atoms in total. The number of fused-ring (bicyclic) bond motifs is 1. The van der Waals surface area contributed by atoms with Crippen molar-refractivity contribution in [2.45, 2.75) is 59.5 Å². The van der Waals surface area contributed by atoms with Gasteiger partial charge in [-0.25, -0.2) is 0 Å². The molecule has 2 aliphatic carbocycles. The number of hydrogen-bond donors (Lipinski definition) is 0. The lowest BCUT2D eigenvalue weighted by Gasteiger charge is -2.15. The fourth-order valence-corrected chi connectivity index (χ4v) is 3.47. The highest BCUT2D eigenvalue weighted by molar-refractivity contribution is 6.59. The average Bonchev–Trinajstić information content (AvgIpc) is 2.78. The minimum atomic E-state index is 0.635. The Morgan fingerprint density at radius 2 is 2.00 bits per heavy atom. The Kier molecular flexibility index (Phi) is 3.01. The molecule has 0 saturated heterocycles. The van der Waals surface area contributed by atoms with Crippen LogP contribution in [0.25, 0.3) is 0 Å². The molecule has 0 spiro atoms. The Bertz CT molecular complexity index is 261. The van der Waals surface area contributed by atoms with Crippen LogP contribution >= 0.6 is 0 Å². The van der Waals surface area contributed by atoms with Crippen LogP contribution < -0.4 is 0 Å². The normalized spacial score (nSPS) is 31.9. The second-order valence-electron chi connectivity index (χ2n) is 6.20. The van der Waals surface area contributed by atoms with Crippen LogP contribution in [-0.4, -0.2) is 6.71 Å². The Hall–Kier alpha value is -0.195. The van der Waals surface area contributed by atoms with Crippen LogP contribution in [0.2, 0.25) is 19.0 Å². The summed E-state index contributed by atoms with van der Waals surface area (Å²) in [5, 5.41) is 0. The number of allylic oxidation sites excluding steroid dienone is 2. The van der Waals surface area contributed by atoms with Crippen LogP contribution in [0, 0.1) is 17.3 Å². The smallest absolute Gasteiger partial charge is 0.0821 e. The molecule has 0 amide bonds. The van der Waals surface area contributed by atoms with E-state index in [1.165, 1.54) is 31.8 Å². The summed E-state index contributed by atoms with van der Waals surface area (Å²) in [5.41, 5.74) is 2.41. The molecule has 0 radical (unpaired) electrons. The molecule has 0 heterocycles. The van der Waals surface area contributed by atoms with Gasteiger partial charge in [0.05, 0.1) is 0 Å². The van der Waals surface area contributed by atoms with Crippen molar-refractivity contribution in [1.82, 2.24) is 0 Å². The van der Waals surface area contributed by atoms with E-state index in [1.54, 1.807) is 5.57 Å². The molecule has 2 rings (SSSR count). The third-order valence-electron chi connectivity index (χ3n) is 5.04. The highest BCUT2D eigenvalue weighted by Crippen LogP contribution is 2.63. The summed E-state index contributed by atoms with van der Waals surface area (Å²) in [5.74, 6) is 1.94. The van der Waals surface area contributed by atoms with E-state index in [9.17, 15) is 0 Å². The van der Waals surface area contributed by atoms with Gasteiger partial charge >= 0.3 is 0 Å². The van der Waals surface area contributed by atoms with Crippen molar-refractivity contribution >= 4 is 6.71 Å². The summed E-state index contributed by atoms with van der Waals surface area (Å²) in [6.07, 6.45) is 9.57. The van der Waals surface area contributed by atoms with Gasteiger partial charge in [-0.05, 0) is 30.1 Å². The van der Waals surface area contributed by atoms with Gasteiger partial charge in [-0.1, -0.05) is 58.3 Å². The van der Waals surface area contributed by atoms with Gasteiger partial charge in [0.2, 0.25) is 0 Å². The molecule has 0 bridgehead atoms. The van der Waals surface area contributed by atoms with Gasteiger partial charge in [0.1, 0.15) is 6.71 Å². The van der Waals surface area contributed by atoms with Gasteiger partial charge in [-0.15, -0.1) is 0 Å². The molecule has 0 aromatic heterocycles. The second-order valence-corrected chi connectivity index (χ2v) is 6.20. The van der Waals surface area contributed by atoms with Crippen LogP contribution in [0.3, 0.4) is 0 Å². The lowest BCUT2D eigenvalue weighted by molar-refractivity contribution is 0.533. The summed E-state index contributed by atoms with van der Waals surface area (Å²) in [4.78, 5) is 0. The van der Waals surface area contributed by atoms with E-state index in [0.717, 1.165) is 18.5 Å². The average molecular weight is 204 g/mol. The van der Waals surface area contributed by atoms with Crippen LogP contribution in [-0.2, 0) is 0 Å². The number of rotatable bonds is 4. The third kappa shape index (κ3) is 2.03. The molecule has 1 heteroatoms. The fraction of sp³-hybridized carbons (Fsp3) is 0.857. The summed E-state index contributed by atoms with van der Waals surface area (Å²) in [6, 6.07) is 0. The molecule has 2 aliphatic rings. The first-order chi connectivity index (χ1) is 7.09. The first kappa shape index (κ1) is 11.3. The summed E-state index contributed by atoms with van der Waals surface area (Å²) in [7, 11) is 0. The largest absolute Gasteiger partial charge is 0.143 e. The summed E-state index contributed by atoms with van der Waals surface area (Å²) < 4.78 is 0. The predicted octanol–water partition coefficient (Wildman–Crippen LogP) is 4.51. The quantitative estimate of drug-likeness (QED) is 0.466. The third-order valence-corrected chi connectivity index (χ3v) is 5.04. The van der Waals surface area contributed by atoms with Gasteiger partial charge in [0.15, 0.2) is 0 Å². The molecule has 0 aromatic rings. The first-order valence-corrected chi connectivity index (χ1v) is 6.79. The van der Waals surface area contributed by atoms with Gasteiger partial charge in [-0.3, -0.25) is 0 Å². The van der Waals surface area contributed by atoms with Crippen molar-refractivity contribution in [3.05, 3.63) is 11.6 Å². The van der Waals surface area contributed by atoms with Gasteiger partial charge in [0.25, 0.3) is 0 Å². The van der Waals surface area contributed by atoms with E-state index in [-0.39, 0.29) is 0 Å². The van der Waals surface area contributed by atoms with Gasteiger partial charge in [-0.2, -0.15) is 0 Å². The summed E-state index contributed by atoms with van der Waals surface area (Å²) >= 11 is 0. The Morgan fingerprint density at radius 3 is 2.53 bits per heavy atom. The minimum Gasteiger partial charge on any atom is -0.0821 e. The maximum atomic E-state index is 2.63. The molecular formula is C14H25B. The van der Waals surface area contributed by atoms with Crippen molar-refractivity contribution in [2.24, 2.45) is 17.3 Å². The fourth-order valence-electron chi connectivity index (χ4n) is 3.47. The maximum Gasteiger partial charge on any atom is 0.143 e. The van der Waals surface area contributed by atoms with Crippen LogP contribution in [0.5, 0.6) is 0 Å². The number of hydrogen-bond acceptors (Lipinski definition) is 0. The topological polar surface area (TPSA) is 0 Å². The van der Waals surface area contributed by atoms with E-state index in [1.807, 2.05) is 0 Å². The van der Waals surface area contributed by atoms with E-state index in [2.05, 4.69) is 33.8 Å². The Morgan fingerprint density at radius 1 is 1.33 bits per heavy atom. The second kappa shape index (κ2) is 3.99. The van der Waals surface area contributed by atoms with E-state index in [4.69, 9.17) is 0 Å². The zero-order valence-corrected chi connectivity index (χ0v) is 10.8. The van der Waals surface area contributed by atoms with Crippen LogP contribution in [0.4, 0.5) is 0 Å². The lowest BCUT2D eigenvalue weighted by atomic mass is 9.42. The van der Waals surface area contributed by atoms with Crippen molar-refractivity contribution in [1.29, 1.82) is 0 Å². The SMILES string of the molecule is CCB(CC)CC1=C[C@H]2[C@@H](CC1)C2(C)C. The molecule has 15 heavy (non-hydrogen) atoms. The summed E-state index contributed by atoms with van der Waals surface area (Å²) in [6.45, 7) is 10.5. The van der Waals surface area contributed by atoms with Gasteiger partial charge < -0.3 is 0 Å². The van der Waals surface area contributed by atoms with Crippen LogP contribution in [0.1, 0.15) is 40.5 Å². The van der Waals surface area contributed by atoms with Crippen molar-refractivity contribution in [2.75, 3.05) is 0 Å². The molecule has 0 aliphatic heterocycles. The molecule has 1 saturated carbocycles. The molecule has 0 aromatic carbocycles. The molecule has 0 unspecified atom stereocenters. The molecule has 0 N–H and O–H groups in total. The predicted molar refractivity (Wildman–Crippen MR) is 69.6 cm³/mol. The molecular weight excluding hydrogens is 179 g/mol. The molecule has 84 valence electrons. The monoisotopic (exact) mass is 204 g/mol. The first-order valence-electron chi connectivity index (χ1n) is 6.79. The minimum absolute atomic E-state index is 0.635. The van der Waals surface area contributed by atoms with Gasteiger partial charge in [0, 0.05) is 0 Å². The molecule has 1 fully saturated rings. The van der Waals surface area contributed by atoms with Crippen molar-refractivity contribution in [3.8, 4) is 0 Å². The highest BCUT2D eigenvalue weighted by atomic mass is 14.6. The Labute approximate surface area is 95.6 Å². The van der Waals surface area contributed by atoms with E-state index >= 15 is 0 Å². The van der Waals surface area contributed by atoms with Crippen molar-refractivity contribution < 1.29 is 0 Å². The zero-order valence-electron chi connectivity index (χ0n) is 10.8. The van der Waals surface area contributed by atoms with E-state index in [0.29, 0.717) is 5.41 Å². The van der Waals surface area contributed by atoms with E-state index < -0.39 is 0 Å². The lowest BCUT2D eigenvalue weighted by Crippen LogP contribution is -2.11. The van der Waals surface area contributed by atoms with Crippen LogP contribution in [0.15, 0.2) is 11.6 Å². The van der Waals surface area contributed by atoms with Crippen molar-refractivity contribution in [3.63, 3.8) is 0 Å². The highest BCUT2D eigenvalue weighted by Gasteiger charge is 2.56. The standard InChI is InChI=1S/C14H25B/c1-5-15(6-2)10-11-7-8-12-13(9-11)14(12,3)4/h9,12-13H,5-8,10H2,1-4H3/t12-,13+/m1/s1. The zero-order chi connectivity index (χ0) is 11.1. The maximum absolute atomic E-state index is 2.63. The molecule has 2 atom stereocenters. The Balaban J connectivity index is 1.95.